The lowest BCUT2D eigenvalue weighted by Gasteiger charge is -2.38. The zero-order valence-corrected chi connectivity index (χ0v) is 16.3. The van der Waals surface area contributed by atoms with Crippen molar-refractivity contribution in [1.29, 1.82) is 0 Å². The fourth-order valence-corrected chi connectivity index (χ4v) is 3.43. The van der Waals surface area contributed by atoms with Crippen LogP contribution in [0.1, 0.15) is 30.5 Å². The van der Waals surface area contributed by atoms with Crippen LogP contribution >= 0.6 is 0 Å². The third-order valence-corrected chi connectivity index (χ3v) is 4.76. The Balaban J connectivity index is 2.08. The summed E-state index contributed by atoms with van der Waals surface area (Å²) in [5, 5.41) is 15.6. The molecule has 0 amide bonds. The SMILES string of the molecule is C/C=C\C=N/C1=NC(c2ccccc2)C(O)(c2ccccc2)N1CCCN=[N+]=[N-]. The second-order valence-electron chi connectivity index (χ2n) is 6.60. The number of benzene rings is 2. The summed E-state index contributed by atoms with van der Waals surface area (Å²) in [5.74, 6) is 0.448. The molecule has 2 aromatic carbocycles. The average Bonchev–Trinajstić information content (AvgIpc) is 3.05. The van der Waals surface area contributed by atoms with Crippen molar-refractivity contribution in [2.24, 2.45) is 15.1 Å². The molecule has 0 saturated carbocycles. The first-order valence-corrected chi connectivity index (χ1v) is 9.56. The van der Waals surface area contributed by atoms with Gasteiger partial charge in [-0.25, -0.2) is 9.98 Å². The van der Waals surface area contributed by atoms with Crippen LogP contribution in [-0.4, -0.2) is 35.3 Å². The largest absolute Gasteiger partial charge is 0.365 e. The van der Waals surface area contributed by atoms with Gasteiger partial charge in [0.2, 0.25) is 5.96 Å². The average molecular weight is 388 g/mol. The topological polar surface area (TPSA) is 97.0 Å². The lowest BCUT2D eigenvalue weighted by molar-refractivity contribution is -0.0845. The van der Waals surface area contributed by atoms with Crippen molar-refractivity contribution >= 4 is 12.2 Å². The Morgan fingerprint density at radius 1 is 1.17 bits per heavy atom. The smallest absolute Gasteiger partial charge is 0.224 e. The van der Waals surface area contributed by atoms with E-state index in [2.05, 4.69) is 15.0 Å². The minimum Gasteiger partial charge on any atom is -0.365 e. The molecule has 0 fully saturated rings. The molecule has 0 bridgehead atoms. The normalized spacial score (nSPS) is 21.5. The summed E-state index contributed by atoms with van der Waals surface area (Å²) in [5.41, 5.74) is 8.80. The predicted molar refractivity (Wildman–Crippen MR) is 116 cm³/mol. The van der Waals surface area contributed by atoms with E-state index in [1.807, 2.05) is 79.7 Å². The monoisotopic (exact) mass is 388 g/mol. The van der Waals surface area contributed by atoms with Gasteiger partial charge in [0.05, 0.1) is 0 Å². The molecule has 0 aromatic heterocycles. The Hall–Kier alpha value is -3.41. The molecular weight excluding hydrogens is 364 g/mol. The van der Waals surface area contributed by atoms with Gasteiger partial charge in [0.25, 0.3) is 0 Å². The van der Waals surface area contributed by atoms with E-state index in [-0.39, 0.29) is 0 Å². The molecule has 1 N–H and O–H groups in total. The number of allylic oxidation sites excluding steroid dienone is 2. The second kappa shape index (κ2) is 9.68. The minimum absolute atomic E-state index is 0.333. The molecule has 7 heteroatoms. The number of hydrogen-bond acceptors (Lipinski definition) is 5. The van der Waals surface area contributed by atoms with Crippen molar-refractivity contribution in [3.05, 3.63) is 94.4 Å². The Morgan fingerprint density at radius 3 is 2.52 bits per heavy atom. The highest BCUT2D eigenvalue weighted by Crippen LogP contribution is 2.45. The maximum atomic E-state index is 12.0. The molecule has 1 aliphatic heterocycles. The van der Waals surface area contributed by atoms with Gasteiger partial charge >= 0.3 is 0 Å². The predicted octanol–water partition coefficient (Wildman–Crippen LogP) is 4.59. The summed E-state index contributed by atoms with van der Waals surface area (Å²) in [4.78, 5) is 13.9. The number of aliphatic hydroxyl groups is 1. The van der Waals surface area contributed by atoms with Crippen molar-refractivity contribution in [2.75, 3.05) is 13.1 Å². The van der Waals surface area contributed by atoms with Gasteiger partial charge in [-0.3, -0.25) is 0 Å². The van der Waals surface area contributed by atoms with Gasteiger partial charge in [-0.05, 0) is 30.5 Å². The highest BCUT2D eigenvalue weighted by molar-refractivity contribution is 5.92. The number of azide groups is 1. The molecule has 29 heavy (non-hydrogen) atoms. The minimum atomic E-state index is -1.40. The molecule has 2 unspecified atom stereocenters. The lowest BCUT2D eigenvalue weighted by Crippen LogP contribution is -2.48. The van der Waals surface area contributed by atoms with E-state index in [1.54, 1.807) is 11.1 Å². The molecule has 2 atom stereocenters. The van der Waals surface area contributed by atoms with Crippen molar-refractivity contribution in [1.82, 2.24) is 4.90 Å². The molecule has 1 heterocycles. The zero-order valence-electron chi connectivity index (χ0n) is 16.3. The van der Waals surface area contributed by atoms with Crippen LogP contribution in [0, 0.1) is 0 Å². The van der Waals surface area contributed by atoms with Gasteiger partial charge in [-0.2, -0.15) is 0 Å². The van der Waals surface area contributed by atoms with Crippen LogP contribution in [0.4, 0.5) is 0 Å². The Labute approximate surface area is 170 Å². The fourth-order valence-electron chi connectivity index (χ4n) is 3.43. The fraction of sp³-hybridized carbons (Fsp3) is 0.273. The lowest BCUT2D eigenvalue weighted by atomic mass is 9.89. The molecular formula is C22H24N6O. The first kappa shape index (κ1) is 20.3. The van der Waals surface area contributed by atoms with E-state index in [9.17, 15) is 5.11 Å². The third kappa shape index (κ3) is 4.37. The highest BCUT2D eigenvalue weighted by atomic mass is 16.3. The van der Waals surface area contributed by atoms with Crippen molar-refractivity contribution in [2.45, 2.75) is 25.1 Å². The van der Waals surface area contributed by atoms with E-state index in [0.29, 0.717) is 25.5 Å². The molecule has 0 aliphatic carbocycles. The Kier molecular flexibility index (Phi) is 6.79. The van der Waals surface area contributed by atoms with Gasteiger partial charge in [-0.15, -0.1) is 0 Å². The molecule has 0 saturated heterocycles. The number of nitrogens with zero attached hydrogens (tertiary/aromatic N) is 6. The summed E-state index contributed by atoms with van der Waals surface area (Å²) in [6, 6.07) is 18.7. The summed E-state index contributed by atoms with van der Waals surface area (Å²) in [7, 11) is 0. The standard InChI is InChI=1S/C22H24N6O/c1-2-3-15-24-21-26-20(18-11-6-4-7-12-18)22(29,19-13-8-5-9-14-19)28(21)17-10-16-25-27-23/h2-9,11-15,20,29H,10,16-17H2,1H3/b3-2-,24-15-. The highest BCUT2D eigenvalue weighted by Gasteiger charge is 2.51. The van der Waals surface area contributed by atoms with E-state index in [1.165, 1.54) is 0 Å². The number of guanidine groups is 1. The van der Waals surface area contributed by atoms with Gasteiger partial charge in [0.1, 0.15) is 6.04 Å². The first-order valence-electron chi connectivity index (χ1n) is 9.56. The van der Waals surface area contributed by atoms with E-state index in [0.717, 1.165) is 11.1 Å². The van der Waals surface area contributed by atoms with E-state index in [4.69, 9.17) is 10.5 Å². The number of rotatable bonds is 7. The maximum absolute atomic E-state index is 12.0. The summed E-state index contributed by atoms with van der Waals surface area (Å²) >= 11 is 0. The zero-order chi connectivity index (χ0) is 20.5. The first-order chi connectivity index (χ1) is 14.2. The quantitative estimate of drug-likeness (QED) is 0.247. The van der Waals surface area contributed by atoms with Gasteiger partial charge in [0, 0.05) is 29.8 Å². The molecule has 0 spiro atoms. The summed E-state index contributed by atoms with van der Waals surface area (Å²) < 4.78 is 0. The summed E-state index contributed by atoms with van der Waals surface area (Å²) in [6.07, 6.45) is 5.93. The van der Waals surface area contributed by atoms with Crippen molar-refractivity contribution in [3.63, 3.8) is 0 Å². The molecule has 148 valence electrons. The van der Waals surface area contributed by atoms with Crippen molar-refractivity contribution < 1.29 is 5.11 Å². The van der Waals surface area contributed by atoms with Crippen LogP contribution in [-0.2, 0) is 5.72 Å². The number of aliphatic imine (C=N–C) groups is 2. The van der Waals surface area contributed by atoms with Crippen LogP contribution in [0.5, 0.6) is 0 Å². The van der Waals surface area contributed by atoms with Crippen LogP contribution in [0.2, 0.25) is 0 Å². The van der Waals surface area contributed by atoms with E-state index < -0.39 is 11.8 Å². The Bertz CT molecular complexity index is 934. The molecule has 2 aromatic rings. The molecule has 0 radical (unpaired) electrons. The second-order valence-corrected chi connectivity index (χ2v) is 6.60. The van der Waals surface area contributed by atoms with Crippen LogP contribution in [0.3, 0.4) is 0 Å². The van der Waals surface area contributed by atoms with E-state index >= 15 is 0 Å². The molecule has 3 rings (SSSR count). The third-order valence-electron chi connectivity index (χ3n) is 4.76. The number of hydrogen-bond donors (Lipinski definition) is 1. The summed E-state index contributed by atoms with van der Waals surface area (Å²) in [6.45, 7) is 2.69. The van der Waals surface area contributed by atoms with Crippen LogP contribution in [0.15, 0.2) is 87.9 Å². The van der Waals surface area contributed by atoms with Gasteiger partial charge < -0.3 is 10.0 Å². The maximum Gasteiger partial charge on any atom is 0.224 e. The van der Waals surface area contributed by atoms with Crippen molar-refractivity contribution in [3.8, 4) is 0 Å². The molecule has 1 aliphatic rings. The van der Waals surface area contributed by atoms with Crippen LogP contribution in [0.25, 0.3) is 10.4 Å². The van der Waals surface area contributed by atoms with Gasteiger partial charge in [0.15, 0.2) is 5.72 Å². The molecule has 7 nitrogen and oxygen atoms in total. The van der Waals surface area contributed by atoms with Gasteiger partial charge in [-0.1, -0.05) is 71.9 Å². The van der Waals surface area contributed by atoms with Crippen LogP contribution < -0.4 is 0 Å². The Morgan fingerprint density at radius 2 is 1.86 bits per heavy atom.